The number of benzene rings is 1. The van der Waals surface area contributed by atoms with Gasteiger partial charge >= 0.3 is 0 Å². The zero-order chi connectivity index (χ0) is 15.5. The van der Waals surface area contributed by atoms with Crippen molar-refractivity contribution in [3.05, 3.63) is 29.8 Å². The molecule has 1 aliphatic rings. The molecule has 1 fully saturated rings. The maximum Gasteiger partial charge on any atom is 0.0552 e. The highest BCUT2D eigenvalue weighted by Crippen LogP contribution is 2.31. The Morgan fingerprint density at radius 3 is 2.67 bits per heavy atom. The summed E-state index contributed by atoms with van der Waals surface area (Å²) in [5.74, 6) is 0. The van der Waals surface area contributed by atoms with Crippen LogP contribution in [-0.2, 0) is 4.74 Å². The van der Waals surface area contributed by atoms with E-state index in [9.17, 15) is 0 Å². The number of rotatable bonds is 5. The van der Waals surface area contributed by atoms with Gasteiger partial charge < -0.3 is 15.0 Å². The van der Waals surface area contributed by atoms with E-state index in [2.05, 4.69) is 69.2 Å². The van der Waals surface area contributed by atoms with E-state index in [1.807, 2.05) is 0 Å². The summed E-state index contributed by atoms with van der Waals surface area (Å²) < 4.78 is 5.72. The van der Waals surface area contributed by atoms with Crippen LogP contribution in [0.5, 0.6) is 0 Å². The van der Waals surface area contributed by atoms with E-state index in [0.29, 0.717) is 0 Å². The first-order valence-electron chi connectivity index (χ1n) is 7.90. The van der Waals surface area contributed by atoms with E-state index in [0.717, 1.165) is 32.7 Å². The van der Waals surface area contributed by atoms with Crippen LogP contribution in [0.25, 0.3) is 0 Å². The molecule has 3 heteroatoms. The molecule has 1 N–H and O–H groups in total. The lowest BCUT2D eigenvalue weighted by Crippen LogP contribution is -2.48. The van der Waals surface area contributed by atoms with Crippen molar-refractivity contribution in [1.82, 2.24) is 5.32 Å². The van der Waals surface area contributed by atoms with Crippen molar-refractivity contribution in [1.29, 1.82) is 0 Å². The molecule has 1 aliphatic heterocycles. The Balaban J connectivity index is 2.05. The predicted octanol–water partition coefficient (Wildman–Crippen LogP) is 3.23. The second kappa shape index (κ2) is 6.37. The maximum atomic E-state index is 5.72. The van der Waals surface area contributed by atoms with E-state index >= 15 is 0 Å². The van der Waals surface area contributed by atoms with Crippen LogP contribution in [0.2, 0.25) is 0 Å². The maximum absolute atomic E-state index is 5.72. The smallest absolute Gasteiger partial charge is 0.0552 e. The number of hydrogen-bond acceptors (Lipinski definition) is 3. The van der Waals surface area contributed by atoms with Crippen molar-refractivity contribution in [2.24, 2.45) is 5.41 Å². The van der Waals surface area contributed by atoms with Gasteiger partial charge in [0.15, 0.2) is 0 Å². The van der Waals surface area contributed by atoms with Crippen molar-refractivity contribution < 1.29 is 4.74 Å². The average molecular weight is 290 g/mol. The summed E-state index contributed by atoms with van der Waals surface area (Å²) in [4.78, 5) is 2.37. The summed E-state index contributed by atoms with van der Waals surface area (Å²) in [6, 6.07) is 8.72. The van der Waals surface area contributed by atoms with Gasteiger partial charge in [-0.05, 0) is 51.8 Å². The molecule has 0 amide bonds. The first kappa shape index (κ1) is 16.3. The molecular weight excluding hydrogens is 260 g/mol. The number of nitrogens with one attached hydrogen (secondary N) is 1. The second-order valence-electron chi connectivity index (χ2n) is 7.60. The first-order valence-corrected chi connectivity index (χ1v) is 7.90. The topological polar surface area (TPSA) is 24.5 Å². The molecule has 118 valence electrons. The van der Waals surface area contributed by atoms with E-state index in [1.165, 1.54) is 11.3 Å². The van der Waals surface area contributed by atoms with Crippen LogP contribution in [-0.4, -0.2) is 38.9 Å². The molecule has 3 nitrogen and oxygen atoms in total. The Hall–Kier alpha value is -1.06. The fourth-order valence-electron chi connectivity index (χ4n) is 2.88. The normalized spacial score (nSPS) is 22.5. The number of aryl methyl sites for hydroxylation is 1. The van der Waals surface area contributed by atoms with Gasteiger partial charge in [-0.2, -0.15) is 0 Å². The van der Waals surface area contributed by atoms with Crippen LogP contribution in [0, 0.1) is 12.3 Å². The molecule has 1 unspecified atom stereocenters. The zero-order valence-electron chi connectivity index (χ0n) is 14.2. The van der Waals surface area contributed by atoms with Crippen LogP contribution < -0.4 is 10.2 Å². The first-order chi connectivity index (χ1) is 9.80. The fourth-order valence-corrected chi connectivity index (χ4v) is 2.88. The third kappa shape index (κ3) is 4.72. The molecule has 1 aromatic rings. The van der Waals surface area contributed by atoms with Crippen LogP contribution in [0.4, 0.5) is 5.69 Å². The summed E-state index contributed by atoms with van der Waals surface area (Å²) >= 11 is 0. The van der Waals surface area contributed by atoms with Crippen molar-refractivity contribution >= 4 is 5.69 Å². The van der Waals surface area contributed by atoms with Crippen LogP contribution in [0.15, 0.2) is 24.3 Å². The molecule has 1 aromatic carbocycles. The van der Waals surface area contributed by atoms with E-state index in [1.54, 1.807) is 0 Å². The summed E-state index contributed by atoms with van der Waals surface area (Å²) in [6.07, 6.45) is 1.13. The van der Waals surface area contributed by atoms with Gasteiger partial charge in [0.05, 0.1) is 6.61 Å². The zero-order valence-corrected chi connectivity index (χ0v) is 14.2. The molecule has 0 bridgehead atoms. The van der Waals surface area contributed by atoms with Gasteiger partial charge in [0.1, 0.15) is 0 Å². The van der Waals surface area contributed by atoms with Crippen molar-refractivity contribution in [3.63, 3.8) is 0 Å². The molecule has 1 heterocycles. The van der Waals surface area contributed by atoms with Crippen molar-refractivity contribution in [3.8, 4) is 0 Å². The molecule has 0 radical (unpaired) electrons. The Kier molecular flexibility index (Phi) is 4.95. The monoisotopic (exact) mass is 290 g/mol. The minimum Gasteiger partial charge on any atom is -0.381 e. The van der Waals surface area contributed by atoms with Crippen molar-refractivity contribution in [2.45, 2.75) is 39.7 Å². The average Bonchev–Trinajstić information content (AvgIpc) is 2.85. The lowest BCUT2D eigenvalue weighted by molar-refractivity contribution is 0.147. The molecule has 1 atom stereocenters. The van der Waals surface area contributed by atoms with Gasteiger partial charge in [0.2, 0.25) is 0 Å². The third-order valence-corrected chi connectivity index (χ3v) is 4.19. The molecule has 2 rings (SSSR count). The van der Waals surface area contributed by atoms with Gasteiger partial charge in [-0.25, -0.2) is 0 Å². The predicted molar refractivity (Wildman–Crippen MR) is 90.1 cm³/mol. The highest BCUT2D eigenvalue weighted by molar-refractivity contribution is 5.47. The summed E-state index contributed by atoms with van der Waals surface area (Å²) in [5, 5.41) is 3.67. The molecule has 0 saturated carbocycles. The summed E-state index contributed by atoms with van der Waals surface area (Å²) in [6.45, 7) is 12.6. The number of anilines is 1. The van der Waals surface area contributed by atoms with Gasteiger partial charge in [-0.3, -0.25) is 0 Å². The molecule has 0 aromatic heterocycles. The Morgan fingerprint density at radius 1 is 1.33 bits per heavy atom. The van der Waals surface area contributed by atoms with Crippen LogP contribution in [0.3, 0.4) is 0 Å². The summed E-state index contributed by atoms with van der Waals surface area (Å²) in [5.41, 5.74) is 2.96. The minimum atomic E-state index is 0.150. The molecule has 0 aliphatic carbocycles. The van der Waals surface area contributed by atoms with E-state index < -0.39 is 0 Å². The third-order valence-electron chi connectivity index (χ3n) is 4.19. The molecule has 0 spiro atoms. The Bertz CT molecular complexity index is 459. The van der Waals surface area contributed by atoms with Crippen LogP contribution in [0.1, 0.15) is 32.8 Å². The second-order valence-corrected chi connectivity index (χ2v) is 7.60. The lowest BCUT2D eigenvalue weighted by atomic mass is 9.85. The van der Waals surface area contributed by atoms with E-state index in [4.69, 9.17) is 4.74 Å². The fraction of sp³-hybridized carbons (Fsp3) is 0.667. The quantitative estimate of drug-likeness (QED) is 0.901. The Morgan fingerprint density at radius 2 is 2.10 bits per heavy atom. The number of ether oxygens (including phenoxy) is 1. The van der Waals surface area contributed by atoms with Gasteiger partial charge in [-0.15, -0.1) is 0 Å². The van der Waals surface area contributed by atoms with Gasteiger partial charge in [-0.1, -0.05) is 12.1 Å². The Labute approximate surface area is 129 Å². The minimum absolute atomic E-state index is 0.150. The van der Waals surface area contributed by atoms with Crippen molar-refractivity contribution in [2.75, 3.05) is 38.3 Å². The molecule has 21 heavy (non-hydrogen) atoms. The SMILES string of the molecule is Cc1cccc(N(C)CC2(CNC(C)(C)C)CCOC2)c1. The largest absolute Gasteiger partial charge is 0.381 e. The number of hydrogen-bond donors (Lipinski definition) is 1. The van der Waals surface area contributed by atoms with Gasteiger partial charge in [0.25, 0.3) is 0 Å². The molecular formula is C18H30N2O. The highest BCUT2D eigenvalue weighted by atomic mass is 16.5. The summed E-state index contributed by atoms with van der Waals surface area (Å²) in [7, 11) is 2.19. The molecule has 1 saturated heterocycles. The van der Waals surface area contributed by atoms with Gasteiger partial charge in [0, 0.05) is 43.4 Å². The van der Waals surface area contributed by atoms with Crippen LogP contribution >= 0.6 is 0 Å². The number of nitrogens with zero attached hydrogens (tertiary/aromatic N) is 1. The standard InChI is InChI=1S/C18H30N2O/c1-15-7-6-8-16(11-15)20(5)13-18(9-10-21-14-18)12-19-17(2,3)4/h6-8,11,19H,9-10,12-14H2,1-5H3. The highest BCUT2D eigenvalue weighted by Gasteiger charge is 2.36. The lowest BCUT2D eigenvalue weighted by Gasteiger charge is -2.36. The van der Waals surface area contributed by atoms with E-state index in [-0.39, 0.29) is 11.0 Å².